The second kappa shape index (κ2) is 6.33. The van der Waals surface area contributed by atoms with E-state index in [2.05, 4.69) is 4.98 Å². The number of methoxy groups -OCH3 is 1. The highest BCUT2D eigenvalue weighted by Gasteiger charge is 2.10. The molecule has 26 heavy (non-hydrogen) atoms. The molecule has 0 saturated carbocycles. The minimum atomic E-state index is -0.397. The van der Waals surface area contributed by atoms with Crippen LogP contribution in [0.3, 0.4) is 0 Å². The molecular formula is C20H15N3O3. The summed E-state index contributed by atoms with van der Waals surface area (Å²) in [7, 11) is 1.63. The lowest BCUT2D eigenvalue weighted by Crippen LogP contribution is -1.93. The van der Waals surface area contributed by atoms with Crippen LogP contribution in [0.1, 0.15) is 0 Å². The maximum atomic E-state index is 10.8. The molecule has 0 saturated heterocycles. The monoisotopic (exact) mass is 345 g/mol. The third-order valence-corrected chi connectivity index (χ3v) is 4.30. The first-order valence-electron chi connectivity index (χ1n) is 8.02. The lowest BCUT2D eigenvalue weighted by Gasteiger charge is -2.07. The van der Waals surface area contributed by atoms with Gasteiger partial charge in [-0.1, -0.05) is 0 Å². The summed E-state index contributed by atoms with van der Waals surface area (Å²) < 4.78 is 7.23. The Morgan fingerprint density at radius 3 is 2.31 bits per heavy atom. The molecule has 4 aromatic rings. The molecule has 4 rings (SSSR count). The third kappa shape index (κ3) is 2.77. The normalized spacial score (nSPS) is 10.8. The van der Waals surface area contributed by atoms with Gasteiger partial charge in [-0.25, -0.2) is 0 Å². The fourth-order valence-corrected chi connectivity index (χ4v) is 2.90. The largest absolute Gasteiger partial charge is 0.497 e. The van der Waals surface area contributed by atoms with Gasteiger partial charge in [0.15, 0.2) is 0 Å². The Bertz CT molecular complexity index is 1080. The molecule has 0 spiro atoms. The van der Waals surface area contributed by atoms with E-state index < -0.39 is 4.92 Å². The number of fused-ring (bicyclic) bond motifs is 1. The molecule has 0 radical (unpaired) electrons. The first-order chi connectivity index (χ1) is 12.7. The fourth-order valence-electron chi connectivity index (χ4n) is 2.90. The number of hydrogen-bond acceptors (Lipinski definition) is 4. The Labute approximate surface area is 149 Å². The maximum absolute atomic E-state index is 10.8. The van der Waals surface area contributed by atoms with E-state index in [0.29, 0.717) is 0 Å². The first kappa shape index (κ1) is 15.8. The standard InChI is InChI=1S/C20H15N3O3/c1-26-18-9-4-14(5-10-18)19-13-22-17(12-21-19)8-11-20(22)15-2-6-16(7-3-15)23(24)25/h2-13H,1H3. The van der Waals surface area contributed by atoms with Crippen molar-refractivity contribution in [3.05, 3.63) is 83.2 Å². The Morgan fingerprint density at radius 2 is 1.65 bits per heavy atom. The van der Waals surface area contributed by atoms with Gasteiger partial charge in [0, 0.05) is 23.9 Å². The highest BCUT2D eigenvalue weighted by Crippen LogP contribution is 2.27. The van der Waals surface area contributed by atoms with E-state index in [9.17, 15) is 10.1 Å². The van der Waals surface area contributed by atoms with Crippen LogP contribution in [-0.2, 0) is 0 Å². The van der Waals surface area contributed by atoms with E-state index in [1.54, 1.807) is 19.2 Å². The van der Waals surface area contributed by atoms with Gasteiger partial charge in [-0.15, -0.1) is 0 Å². The molecule has 0 atom stereocenters. The lowest BCUT2D eigenvalue weighted by molar-refractivity contribution is -0.384. The van der Waals surface area contributed by atoms with Crippen LogP contribution in [0.25, 0.3) is 28.0 Å². The maximum Gasteiger partial charge on any atom is 0.269 e. The van der Waals surface area contributed by atoms with Crippen LogP contribution in [0.15, 0.2) is 73.1 Å². The van der Waals surface area contributed by atoms with Gasteiger partial charge in [-0.3, -0.25) is 15.1 Å². The van der Waals surface area contributed by atoms with Crippen molar-refractivity contribution in [1.82, 2.24) is 9.38 Å². The molecule has 0 N–H and O–H groups in total. The molecule has 2 heterocycles. The summed E-state index contributed by atoms with van der Waals surface area (Å²) in [5.74, 6) is 0.794. The average molecular weight is 345 g/mol. The van der Waals surface area contributed by atoms with E-state index in [-0.39, 0.29) is 5.69 Å². The highest BCUT2D eigenvalue weighted by atomic mass is 16.6. The predicted molar refractivity (Wildman–Crippen MR) is 99.3 cm³/mol. The SMILES string of the molecule is COc1ccc(-c2cn3c(-c4ccc([N+](=O)[O-])cc4)ccc3cn2)cc1. The Morgan fingerprint density at radius 1 is 0.962 bits per heavy atom. The number of rotatable bonds is 4. The molecule has 2 aromatic heterocycles. The molecule has 0 aliphatic rings. The van der Waals surface area contributed by atoms with Gasteiger partial charge >= 0.3 is 0 Å². The molecule has 0 amide bonds. The van der Waals surface area contributed by atoms with Crippen LogP contribution in [0.2, 0.25) is 0 Å². The second-order valence-corrected chi connectivity index (χ2v) is 5.82. The van der Waals surface area contributed by atoms with Gasteiger partial charge < -0.3 is 9.14 Å². The van der Waals surface area contributed by atoms with E-state index in [0.717, 1.165) is 33.8 Å². The van der Waals surface area contributed by atoms with E-state index in [1.807, 2.05) is 53.2 Å². The molecule has 0 bridgehead atoms. The molecule has 128 valence electrons. The minimum absolute atomic E-state index is 0.0789. The van der Waals surface area contributed by atoms with Crippen molar-refractivity contribution >= 4 is 11.2 Å². The summed E-state index contributed by atoms with van der Waals surface area (Å²) in [6, 6.07) is 18.2. The summed E-state index contributed by atoms with van der Waals surface area (Å²) >= 11 is 0. The number of aromatic nitrogens is 2. The van der Waals surface area contributed by atoms with Gasteiger partial charge in [0.2, 0.25) is 0 Å². The average Bonchev–Trinajstić information content (AvgIpc) is 3.11. The molecule has 6 heteroatoms. The molecule has 6 nitrogen and oxygen atoms in total. The van der Waals surface area contributed by atoms with Gasteiger partial charge in [0.05, 0.1) is 35.1 Å². The molecule has 0 aliphatic heterocycles. The highest BCUT2D eigenvalue weighted by molar-refractivity contribution is 5.70. The Balaban J connectivity index is 1.77. The second-order valence-electron chi connectivity index (χ2n) is 5.82. The minimum Gasteiger partial charge on any atom is -0.497 e. The van der Waals surface area contributed by atoms with Crippen LogP contribution in [0, 0.1) is 10.1 Å². The molecule has 0 fully saturated rings. The van der Waals surface area contributed by atoms with E-state index >= 15 is 0 Å². The number of ether oxygens (including phenoxy) is 1. The zero-order chi connectivity index (χ0) is 18.1. The number of nitrogens with zero attached hydrogens (tertiary/aromatic N) is 3. The van der Waals surface area contributed by atoms with E-state index in [4.69, 9.17) is 4.74 Å². The van der Waals surface area contributed by atoms with Crippen LogP contribution >= 0.6 is 0 Å². The Kier molecular flexibility index (Phi) is 3.85. The lowest BCUT2D eigenvalue weighted by atomic mass is 10.1. The van der Waals surface area contributed by atoms with Gasteiger partial charge in [-0.05, 0) is 54.1 Å². The van der Waals surface area contributed by atoms with Crippen molar-refractivity contribution < 1.29 is 9.66 Å². The smallest absolute Gasteiger partial charge is 0.269 e. The van der Waals surface area contributed by atoms with Crippen molar-refractivity contribution in [1.29, 1.82) is 0 Å². The van der Waals surface area contributed by atoms with Crippen LogP contribution in [-0.4, -0.2) is 21.4 Å². The molecule has 0 unspecified atom stereocenters. The number of nitro groups is 1. The zero-order valence-corrected chi connectivity index (χ0v) is 14.0. The number of nitro benzene ring substituents is 1. The summed E-state index contributed by atoms with van der Waals surface area (Å²) in [6.07, 6.45) is 3.78. The van der Waals surface area contributed by atoms with Crippen molar-refractivity contribution in [2.24, 2.45) is 0 Å². The quantitative estimate of drug-likeness (QED) is 0.401. The van der Waals surface area contributed by atoms with E-state index in [1.165, 1.54) is 12.1 Å². The van der Waals surface area contributed by atoms with Gasteiger partial charge in [0.25, 0.3) is 5.69 Å². The van der Waals surface area contributed by atoms with Crippen molar-refractivity contribution in [3.8, 4) is 28.3 Å². The Hall–Kier alpha value is -3.67. The van der Waals surface area contributed by atoms with Crippen LogP contribution < -0.4 is 4.74 Å². The molecule has 0 aliphatic carbocycles. The summed E-state index contributed by atoms with van der Waals surface area (Å²) in [4.78, 5) is 15.0. The van der Waals surface area contributed by atoms with Gasteiger partial charge in [-0.2, -0.15) is 0 Å². The van der Waals surface area contributed by atoms with Crippen LogP contribution in [0.5, 0.6) is 5.75 Å². The molecule has 2 aromatic carbocycles. The third-order valence-electron chi connectivity index (χ3n) is 4.30. The fraction of sp³-hybridized carbons (Fsp3) is 0.0500. The number of benzene rings is 2. The topological polar surface area (TPSA) is 69.7 Å². The van der Waals surface area contributed by atoms with Crippen molar-refractivity contribution in [2.75, 3.05) is 7.11 Å². The van der Waals surface area contributed by atoms with Crippen molar-refractivity contribution in [3.63, 3.8) is 0 Å². The summed E-state index contributed by atoms with van der Waals surface area (Å²) in [5.41, 5.74) is 4.70. The van der Waals surface area contributed by atoms with Gasteiger partial charge in [0.1, 0.15) is 5.75 Å². The van der Waals surface area contributed by atoms with Crippen LogP contribution in [0.4, 0.5) is 5.69 Å². The predicted octanol–water partition coefficient (Wildman–Crippen LogP) is 4.59. The zero-order valence-electron chi connectivity index (χ0n) is 14.0. The molecular weight excluding hydrogens is 330 g/mol. The number of non-ortho nitro benzene ring substituents is 1. The summed E-state index contributed by atoms with van der Waals surface area (Å²) in [6.45, 7) is 0. The van der Waals surface area contributed by atoms with Crippen molar-refractivity contribution in [2.45, 2.75) is 0 Å². The number of hydrogen-bond donors (Lipinski definition) is 0. The first-order valence-corrected chi connectivity index (χ1v) is 8.02. The summed E-state index contributed by atoms with van der Waals surface area (Å²) in [5, 5.41) is 10.8.